The second-order valence-electron chi connectivity index (χ2n) is 5.83. The number of carbonyl (C=O) groups is 2. The number of hydrogen-bond acceptors (Lipinski definition) is 4. The summed E-state index contributed by atoms with van der Waals surface area (Å²) in [5.74, 6) is -0.591. The van der Waals surface area contributed by atoms with Crippen LogP contribution in [0.25, 0.3) is 0 Å². The highest BCUT2D eigenvalue weighted by Crippen LogP contribution is 2.16. The lowest BCUT2D eigenvalue weighted by Gasteiger charge is -2.14. The molecular weight excluding hydrogens is 418 g/mol. The summed E-state index contributed by atoms with van der Waals surface area (Å²) >= 11 is 3.36. The second kappa shape index (κ2) is 9.64. The van der Waals surface area contributed by atoms with E-state index in [2.05, 4.69) is 21.2 Å². The predicted octanol–water partition coefficient (Wildman–Crippen LogP) is 3.36. The molecule has 26 heavy (non-hydrogen) atoms. The quantitative estimate of drug-likeness (QED) is 0.673. The van der Waals surface area contributed by atoms with E-state index in [0.29, 0.717) is 11.3 Å². The van der Waals surface area contributed by atoms with Crippen molar-refractivity contribution < 1.29 is 18.5 Å². The number of hydrogen-bond donors (Lipinski definition) is 1. The van der Waals surface area contributed by atoms with Gasteiger partial charge in [0, 0.05) is 27.3 Å². The Morgan fingerprint density at radius 1 is 1.19 bits per heavy atom. The number of halogens is 1. The smallest absolute Gasteiger partial charge is 0.338 e. The monoisotopic (exact) mass is 437 g/mol. The summed E-state index contributed by atoms with van der Waals surface area (Å²) in [7, 11) is -0.995. The van der Waals surface area contributed by atoms with Gasteiger partial charge >= 0.3 is 5.97 Å². The highest BCUT2D eigenvalue weighted by Gasteiger charge is 2.13. The molecule has 0 fully saturated rings. The molecule has 2 aromatic carbocycles. The van der Waals surface area contributed by atoms with Gasteiger partial charge in [0.1, 0.15) is 0 Å². The predicted molar refractivity (Wildman–Crippen MR) is 105 cm³/mol. The van der Waals surface area contributed by atoms with Crippen LogP contribution in [0.4, 0.5) is 0 Å². The van der Waals surface area contributed by atoms with Crippen molar-refractivity contribution in [3.63, 3.8) is 0 Å². The van der Waals surface area contributed by atoms with Crippen LogP contribution in [0.1, 0.15) is 34.5 Å². The van der Waals surface area contributed by atoms with Gasteiger partial charge in [-0.15, -0.1) is 0 Å². The third-order valence-corrected chi connectivity index (χ3v) is 4.88. The Hall–Kier alpha value is -1.99. The largest absolute Gasteiger partial charge is 0.452 e. The first kappa shape index (κ1) is 20.3. The van der Waals surface area contributed by atoms with E-state index < -0.39 is 16.8 Å². The Balaban J connectivity index is 1.87. The standard InChI is InChI=1S/C19H20BrNO4S/c1-13(15-6-8-17(20)9-7-15)21-18(22)11-25-19(23)16-5-3-4-14(10-16)12-26(2)24/h3-10,13H,11-12H2,1-2H3,(H,21,22). The first-order chi connectivity index (χ1) is 12.3. The maximum absolute atomic E-state index is 12.1. The van der Waals surface area contributed by atoms with Crippen LogP contribution in [0.5, 0.6) is 0 Å². The molecule has 0 spiro atoms. The topological polar surface area (TPSA) is 72.5 Å². The molecule has 2 unspecified atom stereocenters. The zero-order chi connectivity index (χ0) is 19.1. The molecule has 0 radical (unpaired) electrons. The van der Waals surface area contributed by atoms with Crippen LogP contribution in [0.15, 0.2) is 53.0 Å². The molecule has 0 saturated heterocycles. The van der Waals surface area contributed by atoms with Gasteiger partial charge in [-0.2, -0.15) is 0 Å². The molecule has 0 aliphatic rings. The summed E-state index contributed by atoms with van der Waals surface area (Å²) in [6, 6.07) is 14.1. The second-order valence-corrected chi connectivity index (χ2v) is 8.19. The van der Waals surface area contributed by atoms with E-state index in [-0.39, 0.29) is 18.6 Å². The van der Waals surface area contributed by atoms with Gasteiger partial charge in [0.05, 0.1) is 11.6 Å². The van der Waals surface area contributed by atoms with Crippen molar-refractivity contribution in [3.8, 4) is 0 Å². The van der Waals surface area contributed by atoms with Gasteiger partial charge in [-0.05, 0) is 42.3 Å². The number of nitrogens with one attached hydrogen (secondary N) is 1. The highest BCUT2D eigenvalue weighted by atomic mass is 79.9. The first-order valence-corrected chi connectivity index (χ1v) is 10.5. The summed E-state index contributed by atoms with van der Waals surface area (Å²) in [5.41, 5.74) is 2.07. The molecule has 7 heteroatoms. The van der Waals surface area contributed by atoms with E-state index in [1.807, 2.05) is 31.2 Å². The Morgan fingerprint density at radius 3 is 2.54 bits per heavy atom. The Morgan fingerprint density at radius 2 is 1.88 bits per heavy atom. The molecule has 1 N–H and O–H groups in total. The Kier molecular flexibility index (Phi) is 7.53. The fourth-order valence-corrected chi connectivity index (χ4v) is 3.27. The van der Waals surface area contributed by atoms with Crippen molar-refractivity contribution >= 4 is 38.6 Å². The summed E-state index contributed by atoms with van der Waals surface area (Å²) in [6.07, 6.45) is 1.60. The summed E-state index contributed by atoms with van der Waals surface area (Å²) in [5, 5.41) is 2.79. The van der Waals surface area contributed by atoms with E-state index >= 15 is 0 Å². The average Bonchev–Trinajstić information content (AvgIpc) is 2.59. The molecule has 0 saturated carbocycles. The van der Waals surface area contributed by atoms with Gasteiger partial charge in [0.2, 0.25) is 0 Å². The van der Waals surface area contributed by atoms with E-state index in [1.54, 1.807) is 30.5 Å². The lowest BCUT2D eigenvalue weighted by atomic mass is 10.1. The van der Waals surface area contributed by atoms with Gasteiger partial charge < -0.3 is 10.1 Å². The molecule has 0 heterocycles. The lowest BCUT2D eigenvalue weighted by Crippen LogP contribution is -2.31. The molecule has 2 aromatic rings. The normalized spacial score (nSPS) is 12.9. The molecule has 0 bridgehead atoms. The van der Waals surface area contributed by atoms with Crippen LogP contribution in [-0.2, 0) is 26.1 Å². The van der Waals surface area contributed by atoms with E-state index in [4.69, 9.17) is 4.74 Å². The maximum atomic E-state index is 12.1. The van der Waals surface area contributed by atoms with Crippen LogP contribution < -0.4 is 5.32 Å². The molecule has 0 aromatic heterocycles. The number of rotatable bonds is 7. The third kappa shape index (κ3) is 6.38. The van der Waals surface area contributed by atoms with Gasteiger partial charge in [0.25, 0.3) is 5.91 Å². The first-order valence-electron chi connectivity index (χ1n) is 7.96. The SMILES string of the molecule is CC(NC(=O)COC(=O)c1cccc(CS(C)=O)c1)c1ccc(Br)cc1. The number of ether oxygens (including phenoxy) is 1. The molecule has 2 atom stereocenters. The Bertz CT molecular complexity index is 807. The minimum absolute atomic E-state index is 0.197. The fraction of sp³-hybridized carbons (Fsp3) is 0.263. The summed E-state index contributed by atoms with van der Waals surface area (Å²) in [6.45, 7) is 1.50. The zero-order valence-electron chi connectivity index (χ0n) is 14.5. The van der Waals surface area contributed by atoms with Crippen molar-refractivity contribution in [3.05, 3.63) is 69.7 Å². The molecule has 1 amide bonds. The average molecular weight is 438 g/mol. The van der Waals surface area contributed by atoms with Gasteiger partial charge in [-0.3, -0.25) is 9.00 Å². The van der Waals surface area contributed by atoms with Crippen LogP contribution in [0.2, 0.25) is 0 Å². The third-order valence-electron chi connectivity index (χ3n) is 3.61. The number of benzene rings is 2. The van der Waals surface area contributed by atoms with Crippen molar-refractivity contribution in [2.24, 2.45) is 0 Å². The zero-order valence-corrected chi connectivity index (χ0v) is 16.9. The molecular formula is C19H20BrNO4S. The van der Waals surface area contributed by atoms with Crippen molar-refractivity contribution in [1.29, 1.82) is 0 Å². The van der Waals surface area contributed by atoms with Crippen LogP contribution in [0, 0.1) is 0 Å². The van der Waals surface area contributed by atoms with E-state index in [9.17, 15) is 13.8 Å². The minimum atomic E-state index is -0.995. The fourth-order valence-electron chi connectivity index (χ4n) is 2.36. The molecule has 2 rings (SSSR count). The molecule has 0 aliphatic carbocycles. The van der Waals surface area contributed by atoms with Crippen molar-refractivity contribution in [2.45, 2.75) is 18.7 Å². The van der Waals surface area contributed by atoms with Gasteiger partial charge in [-0.25, -0.2) is 4.79 Å². The summed E-state index contributed by atoms with van der Waals surface area (Å²) < 4.78 is 17.3. The minimum Gasteiger partial charge on any atom is -0.452 e. The van der Waals surface area contributed by atoms with Gasteiger partial charge in [-0.1, -0.05) is 40.2 Å². The number of amides is 1. The maximum Gasteiger partial charge on any atom is 0.338 e. The Labute approximate surface area is 163 Å². The number of carbonyl (C=O) groups excluding carboxylic acids is 2. The molecule has 0 aliphatic heterocycles. The van der Waals surface area contributed by atoms with Crippen molar-refractivity contribution in [1.82, 2.24) is 5.32 Å². The summed E-state index contributed by atoms with van der Waals surface area (Å²) in [4.78, 5) is 24.1. The van der Waals surface area contributed by atoms with E-state index in [1.165, 1.54) is 0 Å². The highest BCUT2D eigenvalue weighted by molar-refractivity contribution is 9.10. The van der Waals surface area contributed by atoms with Crippen LogP contribution in [-0.4, -0.2) is 28.9 Å². The number of esters is 1. The lowest BCUT2D eigenvalue weighted by molar-refractivity contribution is -0.124. The van der Waals surface area contributed by atoms with E-state index in [0.717, 1.165) is 15.6 Å². The molecule has 5 nitrogen and oxygen atoms in total. The van der Waals surface area contributed by atoms with Crippen LogP contribution in [0.3, 0.4) is 0 Å². The van der Waals surface area contributed by atoms with Crippen LogP contribution >= 0.6 is 15.9 Å². The van der Waals surface area contributed by atoms with Crippen molar-refractivity contribution in [2.75, 3.05) is 12.9 Å². The molecule has 138 valence electrons. The van der Waals surface area contributed by atoms with Gasteiger partial charge in [0.15, 0.2) is 6.61 Å².